The highest BCUT2D eigenvalue weighted by molar-refractivity contribution is 14.1. The van der Waals surface area contributed by atoms with E-state index >= 15 is 0 Å². The number of anilines is 1. The SMILES string of the molecule is CNc1nc(Cn2c(C)ncc(I)c2=O)nc2sccc12. The van der Waals surface area contributed by atoms with Crippen LogP contribution in [-0.2, 0) is 6.54 Å². The van der Waals surface area contributed by atoms with Gasteiger partial charge in [-0.25, -0.2) is 15.0 Å². The van der Waals surface area contributed by atoms with Crippen molar-refractivity contribution in [3.05, 3.63) is 43.2 Å². The van der Waals surface area contributed by atoms with Crippen molar-refractivity contribution >= 4 is 50.0 Å². The zero-order valence-electron chi connectivity index (χ0n) is 11.4. The molecule has 8 heteroatoms. The first-order valence-electron chi connectivity index (χ1n) is 6.24. The Bertz CT molecular complexity index is 873. The highest BCUT2D eigenvalue weighted by atomic mass is 127. The molecule has 0 atom stereocenters. The molecule has 3 aromatic heterocycles. The van der Waals surface area contributed by atoms with E-state index in [0.717, 1.165) is 16.0 Å². The Kier molecular flexibility index (Phi) is 3.89. The van der Waals surface area contributed by atoms with Gasteiger partial charge in [-0.1, -0.05) is 0 Å². The van der Waals surface area contributed by atoms with Gasteiger partial charge in [-0.05, 0) is 41.0 Å². The molecule has 3 aromatic rings. The third-order valence-electron chi connectivity index (χ3n) is 3.11. The van der Waals surface area contributed by atoms with Crippen molar-refractivity contribution in [3.8, 4) is 0 Å². The van der Waals surface area contributed by atoms with Crippen molar-refractivity contribution in [2.75, 3.05) is 12.4 Å². The van der Waals surface area contributed by atoms with Gasteiger partial charge in [-0.2, -0.15) is 0 Å². The summed E-state index contributed by atoms with van der Waals surface area (Å²) in [5.74, 6) is 2.03. The minimum absolute atomic E-state index is 0.0658. The van der Waals surface area contributed by atoms with Crippen LogP contribution in [0.1, 0.15) is 11.6 Å². The lowest BCUT2D eigenvalue weighted by molar-refractivity contribution is 0.668. The molecule has 21 heavy (non-hydrogen) atoms. The summed E-state index contributed by atoms with van der Waals surface area (Å²) >= 11 is 3.55. The van der Waals surface area contributed by atoms with Crippen LogP contribution in [0.25, 0.3) is 10.2 Å². The molecule has 3 rings (SSSR count). The van der Waals surface area contributed by atoms with Crippen LogP contribution in [-0.4, -0.2) is 26.6 Å². The predicted octanol–water partition coefficient (Wildman–Crippen LogP) is 2.25. The largest absolute Gasteiger partial charge is 0.372 e. The molecule has 1 N–H and O–H groups in total. The first kappa shape index (κ1) is 14.4. The van der Waals surface area contributed by atoms with Gasteiger partial charge in [0.25, 0.3) is 5.56 Å². The fraction of sp³-hybridized carbons (Fsp3) is 0.231. The molecule has 6 nitrogen and oxygen atoms in total. The lowest BCUT2D eigenvalue weighted by atomic mass is 10.3. The first-order valence-corrected chi connectivity index (χ1v) is 8.20. The van der Waals surface area contributed by atoms with Crippen molar-refractivity contribution < 1.29 is 0 Å². The molecule has 0 radical (unpaired) electrons. The average Bonchev–Trinajstić information content (AvgIpc) is 2.95. The van der Waals surface area contributed by atoms with Gasteiger partial charge < -0.3 is 5.32 Å². The molecule has 0 unspecified atom stereocenters. The Balaban J connectivity index is 2.10. The quantitative estimate of drug-likeness (QED) is 0.667. The van der Waals surface area contributed by atoms with Crippen molar-refractivity contribution in [1.29, 1.82) is 0 Å². The minimum atomic E-state index is -0.0658. The standard InChI is InChI=1S/C13H12IN5OS/c1-7-16-5-9(14)13(20)19(7)6-10-17-11(15-2)8-3-4-21-12(8)18-10/h3-5H,6H2,1-2H3,(H,15,17,18). The molecular weight excluding hydrogens is 401 g/mol. The van der Waals surface area contributed by atoms with Gasteiger partial charge in [0.2, 0.25) is 0 Å². The maximum atomic E-state index is 12.2. The summed E-state index contributed by atoms with van der Waals surface area (Å²) < 4.78 is 2.18. The number of fused-ring (bicyclic) bond motifs is 1. The third-order valence-corrected chi connectivity index (χ3v) is 4.66. The van der Waals surface area contributed by atoms with Crippen LogP contribution in [0, 0.1) is 10.5 Å². The van der Waals surface area contributed by atoms with Crippen molar-refractivity contribution in [1.82, 2.24) is 19.5 Å². The van der Waals surface area contributed by atoms with Crippen molar-refractivity contribution in [2.24, 2.45) is 0 Å². The Labute approximate surface area is 138 Å². The van der Waals surface area contributed by atoms with Crippen LogP contribution in [0.4, 0.5) is 5.82 Å². The van der Waals surface area contributed by atoms with E-state index in [1.807, 2.05) is 41.1 Å². The fourth-order valence-electron chi connectivity index (χ4n) is 2.04. The number of thiophene rings is 1. The molecule has 0 aliphatic heterocycles. The number of rotatable bonds is 3. The third kappa shape index (κ3) is 2.64. The van der Waals surface area contributed by atoms with E-state index in [-0.39, 0.29) is 5.56 Å². The molecule has 0 aliphatic carbocycles. The fourth-order valence-corrected chi connectivity index (χ4v) is 3.25. The molecule has 0 saturated carbocycles. The molecule has 0 spiro atoms. The van der Waals surface area contributed by atoms with E-state index in [4.69, 9.17) is 0 Å². The summed E-state index contributed by atoms with van der Waals surface area (Å²) in [4.78, 5) is 26.4. The maximum Gasteiger partial charge on any atom is 0.267 e. The molecule has 3 heterocycles. The van der Waals surface area contributed by atoms with Gasteiger partial charge in [0.15, 0.2) is 5.82 Å². The van der Waals surface area contributed by atoms with E-state index in [1.165, 1.54) is 0 Å². The summed E-state index contributed by atoms with van der Waals surface area (Å²) in [7, 11) is 1.83. The zero-order chi connectivity index (χ0) is 15.0. The molecule has 108 valence electrons. The van der Waals surface area contributed by atoms with Gasteiger partial charge in [-0.3, -0.25) is 9.36 Å². The molecule has 0 amide bonds. The number of hydrogen-bond acceptors (Lipinski definition) is 6. The summed E-state index contributed by atoms with van der Waals surface area (Å²) in [6.45, 7) is 2.12. The highest BCUT2D eigenvalue weighted by Crippen LogP contribution is 2.24. The second-order valence-electron chi connectivity index (χ2n) is 4.42. The second-order valence-corrected chi connectivity index (χ2v) is 6.48. The van der Waals surface area contributed by atoms with E-state index in [2.05, 4.69) is 20.3 Å². The Hall–Kier alpha value is -1.55. The molecule has 0 fully saturated rings. The van der Waals surface area contributed by atoms with Crippen LogP contribution in [0.5, 0.6) is 0 Å². The normalized spacial score (nSPS) is 11.0. The minimum Gasteiger partial charge on any atom is -0.372 e. The Morgan fingerprint density at radius 2 is 2.24 bits per heavy atom. The Morgan fingerprint density at radius 3 is 3.00 bits per heavy atom. The molecule has 0 aliphatic rings. The van der Waals surface area contributed by atoms with Gasteiger partial charge >= 0.3 is 0 Å². The number of aryl methyl sites for hydroxylation is 1. The van der Waals surface area contributed by atoms with Gasteiger partial charge in [0.1, 0.15) is 16.5 Å². The summed E-state index contributed by atoms with van der Waals surface area (Å²) in [5.41, 5.74) is -0.0658. The molecule has 0 aromatic carbocycles. The van der Waals surface area contributed by atoms with Gasteiger partial charge in [0.05, 0.1) is 15.5 Å². The molecule has 0 bridgehead atoms. The van der Waals surface area contributed by atoms with Crippen LogP contribution >= 0.6 is 33.9 Å². The first-order chi connectivity index (χ1) is 10.1. The summed E-state index contributed by atoms with van der Waals surface area (Å²) in [5, 5.41) is 6.05. The van der Waals surface area contributed by atoms with Crippen LogP contribution in [0.3, 0.4) is 0 Å². The number of nitrogens with zero attached hydrogens (tertiary/aromatic N) is 4. The van der Waals surface area contributed by atoms with E-state index in [9.17, 15) is 4.79 Å². The van der Waals surface area contributed by atoms with E-state index in [0.29, 0.717) is 21.8 Å². The van der Waals surface area contributed by atoms with Crippen LogP contribution < -0.4 is 10.9 Å². The lowest BCUT2D eigenvalue weighted by Gasteiger charge is -2.10. The number of nitrogens with one attached hydrogen (secondary N) is 1. The highest BCUT2D eigenvalue weighted by Gasteiger charge is 2.11. The monoisotopic (exact) mass is 413 g/mol. The van der Waals surface area contributed by atoms with E-state index in [1.54, 1.807) is 29.0 Å². The maximum absolute atomic E-state index is 12.2. The Morgan fingerprint density at radius 1 is 1.43 bits per heavy atom. The number of hydrogen-bond donors (Lipinski definition) is 1. The smallest absolute Gasteiger partial charge is 0.267 e. The second kappa shape index (κ2) is 5.68. The summed E-state index contributed by atoms with van der Waals surface area (Å²) in [6.07, 6.45) is 1.58. The van der Waals surface area contributed by atoms with Crippen molar-refractivity contribution in [3.63, 3.8) is 0 Å². The zero-order valence-corrected chi connectivity index (χ0v) is 14.4. The average molecular weight is 413 g/mol. The predicted molar refractivity (Wildman–Crippen MR) is 92.0 cm³/mol. The number of halogens is 1. The van der Waals surface area contributed by atoms with Crippen LogP contribution in [0.2, 0.25) is 0 Å². The van der Waals surface area contributed by atoms with Gasteiger partial charge in [-0.15, -0.1) is 11.3 Å². The summed E-state index contributed by atoms with van der Waals surface area (Å²) in [6, 6.07) is 1.99. The molecular formula is C13H12IN5OS. The molecule has 0 saturated heterocycles. The van der Waals surface area contributed by atoms with Crippen molar-refractivity contribution in [2.45, 2.75) is 13.5 Å². The van der Waals surface area contributed by atoms with Gasteiger partial charge in [0, 0.05) is 13.2 Å². The van der Waals surface area contributed by atoms with E-state index < -0.39 is 0 Å². The van der Waals surface area contributed by atoms with Crippen LogP contribution in [0.15, 0.2) is 22.4 Å². The topological polar surface area (TPSA) is 72.7 Å². The number of aromatic nitrogens is 4. The lowest BCUT2D eigenvalue weighted by Crippen LogP contribution is -2.26.